The van der Waals surface area contributed by atoms with E-state index in [2.05, 4.69) is 10.3 Å². The molecule has 150 valence electrons. The van der Waals surface area contributed by atoms with Gasteiger partial charge < -0.3 is 10.3 Å². The topological polar surface area (TPSA) is 65.2 Å². The second-order valence-electron chi connectivity index (χ2n) is 7.84. The molecule has 0 bridgehead atoms. The van der Waals surface area contributed by atoms with Gasteiger partial charge in [-0.1, -0.05) is 29.8 Å². The maximum absolute atomic E-state index is 13.0. The van der Waals surface area contributed by atoms with Gasteiger partial charge in [0, 0.05) is 34.5 Å². The smallest absolute Gasteiger partial charge is 0.254 e. The lowest BCUT2D eigenvalue weighted by Gasteiger charge is -2.40. The van der Waals surface area contributed by atoms with E-state index < -0.39 is 6.04 Å². The number of fused-ring (bicyclic) bond motifs is 1. The molecule has 30 heavy (non-hydrogen) atoms. The predicted octanol–water partition coefficient (Wildman–Crippen LogP) is 4.28. The van der Waals surface area contributed by atoms with Crippen molar-refractivity contribution in [2.24, 2.45) is 0 Å². The van der Waals surface area contributed by atoms with E-state index in [1.165, 1.54) is 0 Å². The standard InChI is InChI=1S/C24H21N3O2S/c1-14-10-11-18-15(12-14)13-17(23(29)25-18)22-21-19(8-5-9-20(21)28)27(24(30)26-22)16-6-3-2-4-7-16/h2-4,6-7,10-13,22H,5,8-9H2,1H3,(H,25,29)(H,26,30). The summed E-state index contributed by atoms with van der Waals surface area (Å²) in [7, 11) is 0. The summed E-state index contributed by atoms with van der Waals surface area (Å²) in [5.41, 5.74) is 4.67. The van der Waals surface area contributed by atoms with Crippen LogP contribution in [-0.2, 0) is 4.79 Å². The molecular weight excluding hydrogens is 394 g/mol. The fourth-order valence-corrected chi connectivity index (χ4v) is 4.76. The normalized spacial score (nSPS) is 19.1. The number of benzene rings is 2. The zero-order chi connectivity index (χ0) is 20.8. The number of H-pyrrole nitrogens is 1. The largest absolute Gasteiger partial charge is 0.351 e. The van der Waals surface area contributed by atoms with Gasteiger partial charge in [0.1, 0.15) is 0 Å². The minimum atomic E-state index is -0.547. The molecule has 0 saturated heterocycles. The number of ketones is 1. The lowest BCUT2D eigenvalue weighted by Crippen LogP contribution is -2.50. The van der Waals surface area contributed by atoms with E-state index in [9.17, 15) is 9.59 Å². The van der Waals surface area contributed by atoms with E-state index in [1.54, 1.807) is 0 Å². The molecule has 0 amide bonds. The molecule has 2 aromatic carbocycles. The number of aryl methyl sites for hydroxylation is 1. The third-order valence-corrected chi connectivity index (χ3v) is 6.11. The van der Waals surface area contributed by atoms with Crippen LogP contribution in [0.15, 0.2) is 70.7 Å². The van der Waals surface area contributed by atoms with Gasteiger partial charge in [-0.15, -0.1) is 0 Å². The summed E-state index contributed by atoms with van der Waals surface area (Å²) in [5, 5.41) is 4.73. The van der Waals surface area contributed by atoms with Crippen LogP contribution in [-0.4, -0.2) is 15.9 Å². The van der Waals surface area contributed by atoms with E-state index in [0.717, 1.165) is 40.7 Å². The van der Waals surface area contributed by atoms with Crippen molar-refractivity contribution in [3.05, 3.63) is 87.3 Å². The van der Waals surface area contributed by atoms with Crippen molar-refractivity contribution in [2.45, 2.75) is 32.2 Å². The van der Waals surface area contributed by atoms with Gasteiger partial charge in [0.05, 0.1) is 6.04 Å². The number of aromatic nitrogens is 1. The number of pyridine rings is 1. The highest BCUT2D eigenvalue weighted by atomic mass is 32.1. The van der Waals surface area contributed by atoms with Crippen LogP contribution in [0.25, 0.3) is 10.9 Å². The molecule has 0 saturated carbocycles. The number of hydrogen-bond donors (Lipinski definition) is 2. The van der Waals surface area contributed by atoms with Crippen LogP contribution >= 0.6 is 12.2 Å². The number of carbonyl (C=O) groups is 1. The lowest BCUT2D eigenvalue weighted by molar-refractivity contribution is -0.116. The summed E-state index contributed by atoms with van der Waals surface area (Å²) in [6.45, 7) is 2.02. The maximum atomic E-state index is 13.0. The van der Waals surface area contributed by atoms with Gasteiger partial charge in [0.15, 0.2) is 10.9 Å². The SMILES string of the molecule is Cc1ccc2[nH]c(=O)c(C3NC(=S)N(c4ccccc4)C4=C3C(=O)CCC4)cc2c1. The predicted molar refractivity (Wildman–Crippen MR) is 123 cm³/mol. The van der Waals surface area contributed by atoms with Crippen LogP contribution in [0, 0.1) is 6.92 Å². The van der Waals surface area contributed by atoms with Gasteiger partial charge >= 0.3 is 0 Å². The molecule has 3 aromatic rings. The Labute approximate surface area is 179 Å². The summed E-state index contributed by atoms with van der Waals surface area (Å²) >= 11 is 5.71. The molecule has 1 unspecified atom stereocenters. The fourth-order valence-electron chi connectivity index (χ4n) is 4.43. The number of Topliss-reactive ketones (excluding diaryl/α,β-unsaturated/α-hetero) is 1. The number of rotatable bonds is 2. The molecule has 0 radical (unpaired) electrons. The van der Waals surface area contributed by atoms with Crippen molar-refractivity contribution in [3.8, 4) is 0 Å². The summed E-state index contributed by atoms with van der Waals surface area (Å²) < 4.78 is 0. The van der Waals surface area contributed by atoms with Crippen molar-refractivity contribution < 1.29 is 4.79 Å². The van der Waals surface area contributed by atoms with Crippen LogP contribution < -0.4 is 15.8 Å². The summed E-state index contributed by atoms with van der Waals surface area (Å²) in [5.74, 6) is 0.0703. The molecule has 2 N–H and O–H groups in total. The molecule has 6 heteroatoms. The number of aromatic amines is 1. The molecule has 2 heterocycles. The molecule has 0 fully saturated rings. The molecule has 1 aromatic heterocycles. The Hall–Kier alpha value is -3.25. The van der Waals surface area contributed by atoms with Gasteiger partial charge in [-0.25, -0.2) is 0 Å². The van der Waals surface area contributed by atoms with Crippen molar-refractivity contribution in [1.29, 1.82) is 0 Å². The van der Waals surface area contributed by atoms with Crippen molar-refractivity contribution in [2.75, 3.05) is 4.90 Å². The van der Waals surface area contributed by atoms with E-state index in [-0.39, 0.29) is 11.3 Å². The van der Waals surface area contributed by atoms with Crippen molar-refractivity contribution in [3.63, 3.8) is 0 Å². The second kappa shape index (κ2) is 7.22. The van der Waals surface area contributed by atoms with E-state index in [4.69, 9.17) is 12.2 Å². The van der Waals surface area contributed by atoms with Crippen molar-refractivity contribution in [1.82, 2.24) is 10.3 Å². The number of para-hydroxylation sites is 1. The van der Waals surface area contributed by atoms with Crippen molar-refractivity contribution >= 4 is 39.7 Å². The Morgan fingerprint density at radius 3 is 2.63 bits per heavy atom. The van der Waals surface area contributed by atoms with E-state index in [1.807, 2.05) is 66.4 Å². The number of nitrogens with one attached hydrogen (secondary N) is 2. The number of carbonyl (C=O) groups excluding carboxylic acids is 1. The molecule has 2 aliphatic rings. The zero-order valence-electron chi connectivity index (χ0n) is 16.6. The quantitative estimate of drug-likeness (QED) is 0.612. The number of hydrogen-bond acceptors (Lipinski definition) is 3. The van der Waals surface area contributed by atoms with E-state index >= 15 is 0 Å². The minimum absolute atomic E-state index is 0.0703. The maximum Gasteiger partial charge on any atom is 0.254 e. The fraction of sp³-hybridized carbons (Fsp3) is 0.208. The number of nitrogens with zero attached hydrogens (tertiary/aromatic N) is 1. The van der Waals surface area contributed by atoms with Crippen LogP contribution in [0.1, 0.15) is 36.4 Å². The first-order valence-electron chi connectivity index (χ1n) is 10.1. The van der Waals surface area contributed by atoms with Crippen LogP contribution in [0.4, 0.5) is 5.69 Å². The third-order valence-electron chi connectivity index (χ3n) is 5.81. The highest BCUT2D eigenvalue weighted by molar-refractivity contribution is 7.80. The highest BCUT2D eigenvalue weighted by Crippen LogP contribution is 2.39. The monoisotopic (exact) mass is 415 g/mol. The minimum Gasteiger partial charge on any atom is -0.351 e. The first kappa shape index (κ1) is 18.8. The second-order valence-corrected chi connectivity index (χ2v) is 8.22. The molecule has 0 spiro atoms. The number of anilines is 1. The molecule has 1 aliphatic carbocycles. The van der Waals surface area contributed by atoms with Gasteiger partial charge in [-0.3, -0.25) is 14.5 Å². The van der Waals surface area contributed by atoms with Crippen LogP contribution in [0.5, 0.6) is 0 Å². The molecule has 1 atom stereocenters. The molecular formula is C24H21N3O2S. The van der Waals surface area contributed by atoms with Crippen LogP contribution in [0.3, 0.4) is 0 Å². The zero-order valence-corrected chi connectivity index (χ0v) is 17.4. The van der Waals surface area contributed by atoms with Gasteiger partial charge in [0.2, 0.25) is 0 Å². The van der Waals surface area contributed by atoms with Gasteiger partial charge in [-0.05, 0) is 67.7 Å². The highest BCUT2D eigenvalue weighted by Gasteiger charge is 2.38. The Bertz CT molecular complexity index is 1280. The Balaban J connectivity index is 1.71. The average Bonchev–Trinajstić information content (AvgIpc) is 2.74. The Morgan fingerprint density at radius 2 is 1.83 bits per heavy atom. The number of thiocarbonyl (C=S) groups is 1. The summed E-state index contributed by atoms with van der Waals surface area (Å²) in [6.07, 6.45) is 2.01. The molecule has 5 nitrogen and oxygen atoms in total. The number of allylic oxidation sites excluding steroid dienone is 1. The summed E-state index contributed by atoms with van der Waals surface area (Å²) in [6, 6.07) is 17.0. The van der Waals surface area contributed by atoms with Gasteiger partial charge in [0.25, 0.3) is 5.56 Å². The average molecular weight is 416 g/mol. The Morgan fingerprint density at radius 1 is 1.03 bits per heavy atom. The third kappa shape index (κ3) is 3.04. The first-order valence-corrected chi connectivity index (χ1v) is 10.5. The lowest BCUT2D eigenvalue weighted by atomic mass is 9.84. The first-order chi connectivity index (χ1) is 14.5. The van der Waals surface area contributed by atoms with Crippen LogP contribution in [0.2, 0.25) is 0 Å². The van der Waals surface area contributed by atoms with E-state index in [0.29, 0.717) is 22.7 Å². The summed E-state index contributed by atoms with van der Waals surface area (Å²) in [4.78, 5) is 30.9. The Kier molecular flexibility index (Phi) is 4.51. The molecule has 5 rings (SSSR count). The van der Waals surface area contributed by atoms with Gasteiger partial charge in [-0.2, -0.15) is 0 Å². The molecule has 1 aliphatic heterocycles.